The molecule has 1 N–H and O–H groups in total. The molecule has 0 aliphatic carbocycles. The molecule has 0 spiro atoms. The van der Waals surface area contributed by atoms with E-state index in [1.54, 1.807) is 0 Å². The Bertz CT molecular complexity index is 59.2. The number of rotatable bonds is 0. The van der Waals surface area contributed by atoms with Crippen LogP contribution in [0.25, 0.3) is 0 Å². The van der Waals surface area contributed by atoms with Crippen LogP contribution in [0, 0.1) is 0 Å². The fourth-order valence-corrected chi connectivity index (χ4v) is 0. The zero-order valence-electron chi connectivity index (χ0n) is 2.42. The van der Waals surface area contributed by atoms with Gasteiger partial charge in [-0.25, -0.2) is 0 Å². The molecule has 0 aliphatic rings. The topological polar surface area (TPSA) is 54.4 Å². The van der Waals surface area contributed by atoms with Gasteiger partial charge in [-0.1, -0.05) is 0 Å². The Morgan fingerprint density at radius 1 is 1.33 bits per heavy atom. The third-order valence-electron chi connectivity index (χ3n) is 0. The average molecular weight is 386 g/mol. The van der Waals surface area contributed by atoms with Crippen LogP contribution in [-0.4, -0.2) is 48.9 Å². The Morgan fingerprint density at radius 2 is 1.33 bits per heavy atom. The van der Waals surface area contributed by atoms with Crippen LogP contribution in [0.1, 0.15) is 0 Å². The third kappa shape index (κ3) is 46.0. The van der Waals surface area contributed by atoms with Gasteiger partial charge in [-0.3, -0.25) is 0 Å². The minimum atomic E-state index is -3.69. The molecule has 0 atom stereocenters. The SMILES string of the molecule is [GeH4].[O]=[V](=[O])[OH].[PbH2]. The number of hydrogen-bond donors (Lipinski definition) is 1. The van der Waals surface area contributed by atoms with Gasteiger partial charge in [0.1, 0.15) is 0 Å². The van der Waals surface area contributed by atoms with Crippen molar-refractivity contribution in [3.8, 4) is 0 Å². The van der Waals surface area contributed by atoms with E-state index < -0.39 is 15.4 Å². The Balaban J connectivity index is -0.0000000450. The van der Waals surface area contributed by atoms with E-state index in [0.29, 0.717) is 0 Å². The van der Waals surface area contributed by atoms with Crippen molar-refractivity contribution in [2.45, 2.75) is 0 Å². The van der Waals surface area contributed by atoms with Gasteiger partial charge in [0.15, 0.2) is 0 Å². The van der Waals surface area contributed by atoms with Crippen LogP contribution in [0.2, 0.25) is 0 Å². The summed E-state index contributed by atoms with van der Waals surface area (Å²) in [7, 11) is 0. The molecule has 0 aromatic heterocycles. The zero-order valence-corrected chi connectivity index (χ0v) is 9.31. The molecule has 38 valence electrons. The molecule has 0 aliphatic heterocycles. The summed E-state index contributed by atoms with van der Waals surface area (Å²) in [6.07, 6.45) is 0. The van der Waals surface area contributed by atoms with Crippen molar-refractivity contribution in [2.75, 3.05) is 0 Å². The average Bonchev–Trinajstić information content (AvgIpc) is 0.811. The molecule has 0 heterocycles. The molecule has 2 radical (unpaired) electrons. The summed E-state index contributed by atoms with van der Waals surface area (Å²) in [5, 5.41) is 0. The quantitative estimate of drug-likeness (QED) is 0.448. The van der Waals surface area contributed by atoms with Crippen molar-refractivity contribution in [3.63, 3.8) is 0 Å². The first-order valence-corrected chi connectivity index (χ1v) is 2.33. The van der Waals surface area contributed by atoms with E-state index in [2.05, 4.69) is 0 Å². The Labute approximate surface area is 71.0 Å². The van der Waals surface area contributed by atoms with Crippen LogP contribution >= 0.6 is 0 Å². The summed E-state index contributed by atoms with van der Waals surface area (Å²) in [5.41, 5.74) is 0. The predicted octanol–water partition coefficient (Wildman–Crippen LogP) is -3.16. The minimum absolute atomic E-state index is 0. The summed E-state index contributed by atoms with van der Waals surface area (Å²) in [4.78, 5) is 0. The second-order valence-corrected chi connectivity index (χ2v) is 0.981. The summed E-state index contributed by atoms with van der Waals surface area (Å²) < 4.78 is 24.4. The maximum absolute atomic E-state index is 8.67. The fraction of sp³-hybridized carbons (Fsp3) is 0. The monoisotopic (exact) mass is 388 g/mol. The summed E-state index contributed by atoms with van der Waals surface area (Å²) >= 11 is -3.69. The van der Waals surface area contributed by atoms with Gasteiger partial charge in [0, 0.05) is 0 Å². The van der Waals surface area contributed by atoms with Gasteiger partial charge in [-0.05, 0) is 0 Å². The van der Waals surface area contributed by atoms with Crippen LogP contribution in [-0.2, 0) is 22.7 Å². The molecule has 6 heavy (non-hydrogen) atoms. The summed E-state index contributed by atoms with van der Waals surface area (Å²) in [6.45, 7) is 0. The standard InChI is InChI=1S/GeH4.H2O.2O.Pb.V.2H/h1H4;1H2;;;;;;/q;;;;;+1;;/p-1. The van der Waals surface area contributed by atoms with Gasteiger partial charge in [0.2, 0.25) is 0 Å². The maximum atomic E-state index is 8.67. The second kappa shape index (κ2) is 9.79. The third-order valence-corrected chi connectivity index (χ3v) is 0. The Morgan fingerprint density at radius 3 is 1.33 bits per heavy atom. The second-order valence-electron chi connectivity index (χ2n) is 0.238. The van der Waals surface area contributed by atoms with E-state index in [1.807, 2.05) is 0 Å². The molecule has 6 heteroatoms. The summed E-state index contributed by atoms with van der Waals surface area (Å²) in [5.74, 6) is 0. The van der Waals surface area contributed by atoms with Crippen molar-refractivity contribution >= 4 is 44.9 Å². The van der Waals surface area contributed by atoms with Crippen molar-refractivity contribution in [2.24, 2.45) is 0 Å². The van der Waals surface area contributed by atoms with Crippen molar-refractivity contribution in [1.82, 2.24) is 0 Å². The molecule has 0 rings (SSSR count). The van der Waals surface area contributed by atoms with Gasteiger partial charge in [-0.15, -0.1) is 0 Å². The molecule has 0 bridgehead atoms. The van der Waals surface area contributed by atoms with E-state index in [9.17, 15) is 0 Å². The van der Waals surface area contributed by atoms with Crippen molar-refractivity contribution in [1.29, 1.82) is 0 Å². The van der Waals surface area contributed by atoms with E-state index >= 15 is 0 Å². The Kier molecular flexibility index (Phi) is 25.5. The molecule has 0 amide bonds. The first-order valence-electron chi connectivity index (χ1n) is 0.565. The van der Waals surface area contributed by atoms with Gasteiger partial charge in [0.25, 0.3) is 0 Å². The van der Waals surface area contributed by atoms with E-state index in [-0.39, 0.29) is 44.9 Å². The van der Waals surface area contributed by atoms with E-state index in [4.69, 9.17) is 11.4 Å². The van der Waals surface area contributed by atoms with Gasteiger partial charge in [-0.2, -0.15) is 0 Å². The predicted molar refractivity (Wildman–Crippen MR) is 23.5 cm³/mol. The number of hydrogen-bond acceptors (Lipinski definition) is 2. The van der Waals surface area contributed by atoms with Gasteiger partial charge in [0.05, 0.1) is 0 Å². The molecule has 0 aromatic rings. The molecule has 3 nitrogen and oxygen atoms in total. The van der Waals surface area contributed by atoms with Crippen LogP contribution < -0.4 is 0 Å². The van der Waals surface area contributed by atoms with Crippen molar-refractivity contribution in [3.05, 3.63) is 0 Å². The summed E-state index contributed by atoms with van der Waals surface area (Å²) in [6, 6.07) is 0. The van der Waals surface area contributed by atoms with Crippen molar-refractivity contribution < 1.29 is 26.8 Å². The normalized spacial score (nSPS) is 4.17. The molecule has 0 fully saturated rings. The molecule has 0 saturated heterocycles. The molecule has 0 unspecified atom stereocenters. The molecular weight excluding hydrogens is 379 g/mol. The molecule has 0 saturated carbocycles. The first kappa shape index (κ1) is 15.6. The van der Waals surface area contributed by atoms with Gasteiger partial charge < -0.3 is 0 Å². The van der Waals surface area contributed by atoms with Crippen LogP contribution in [0.15, 0.2) is 0 Å². The molecule has 0 aromatic carbocycles. The van der Waals surface area contributed by atoms with Crippen LogP contribution in [0.5, 0.6) is 0 Å². The first-order chi connectivity index (χ1) is 1.73. The van der Waals surface area contributed by atoms with Crippen LogP contribution in [0.3, 0.4) is 0 Å². The van der Waals surface area contributed by atoms with Gasteiger partial charge >= 0.3 is 71.7 Å². The molecular formula is H7GeO3PbV. The van der Waals surface area contributed by atoms with E-state index in [0.717, 1.165) is 0 Å². The fourth-order valence-electron chi connectivity index (χ4n) is 0. The zero-order chi connectivity index (χ0) is 3.58. The van der Waals surface area contributed by atoms with E-state index in [1.165, 1.54) is 0 Å². The Hall–Kier alpha value is 1.61. The van der Waals surface area contributed by atoms with Crippen LogP contribution in [0.4, 0.5) is 0 Å².